The van der Waals surface area contributed by atoms with Crippen LogP contribution in [0.4, 0.5) is 0 Å². The molecule has 2 nitrogen and oxygen atoms in total. The maximum atomic E-state index is 11.0. The first-order chi connectivity index (χ1) is 4.75. The standard InChI is InChI=1S/C7H9BrO2/c1-10-7-5(8)3-2-4-6(7)9/h2-4H2,1H3. The molecule has 0 saturated carbocycles. The molecule has 0 amide bonds. The number of methoxy groups -OCH3 is 1. The van der Waals surface area contributed by atoms with Crippen LogP contribution in [0.5, 0.6) is 0 Å². The Balaban J connectivity index is 2.84. The maximum Gasteiger partial charge on any atom is 0.198 e. The van der Waals surface area contributed by atoms with Crippen LogP contribution in [0.15, 0.2) is 10.2 Å². The van der Waals surface area contributed by atoms with E-state index >= 15 is 0 Å². The molecule has 0 bridgehead atoms. The van der Waals surface area contributed by atoms with Crippen LogP contribution in [0.1, 0.15) is 19.3 Å². The van der Waals surface area contributed by atoms with Crippen LogP contribution >= 0.6 is 15.9 Å². The lowest BCUT2D eigenvalue weighted by atomic mass is 10.1. The van der Waals surface area contributed by atoms with Gasteiger partial charge in [0, 0.05) is 10.9 Å². The molecule has 0 saturated heterocycles. The normalized spacial score (nSPS) is 19.6. The molecular formula is C7H9BrO2. The Morgan fingerprint density at radius 1 is 1.50 bits per heavy atom. The second kappa shape index (κ2) is 3.19. The summed E-state index contributed by atoms with van der Waals surface area (Å²) in [6.45, 7) is 0. The Kier molecular flexibility index (Phi) is 2.49. The predicted octanol–water partition coefficient (Wildman–Crippen LogP) is 1.99. The van der Waals surface area contributed by atoms with E-state index in [0.717, 1.165) is 17.3 Å². The molecule has 0 aliphatic heterocycles. The van der Waals surface area contributed by atoms with Gasteiger partial charge in [-0.3, -0.25) is 4.79 Å². The number of Topliss-reactive ketones (excluding diaryl/α,β-unsaturated/α-hetero) is 1. The van der Waals surface area contributed by atoms with Crippen molar-refractivity contribution in [3.8, 4) is 0 Å². The molecule has 0 aromatic carbocycles. The largest absolute Gasteiger partial charge is 0.492 e. The molecule has 0 unspecified atom stereocenters. The van der Waals surface area contributed by atoms with E-state index in [4.69, 9.17) is 4.74 Å². The van der Waals surface area contributed by atoms with Crippen molar-refractivity contribution in [2.24, 2.45) is 0 Å². The van der Waals surface area contributed by atoms with Crippen molar-refractivity contribution in [2.75, 3.05) is 7.11 Å². The van der Waals surface area contributed by atoms with Crippen LogP contribution in [0, 0.1) is 0 Å². The molecule has 1 rings (SSSR count). The van der Waals surface area contributed by atoms with Gasteiger partial charge in [-0.1, -0.05) is 15.9 Å². The number of ether oxygens (including phenoxy) is 1. The molecule has 1 aliphatic rings. The second-order valence-electron chi connectivity index (χ2n) is 2.21. The summed E-state index contributed by atoms with van der Waals surface area (Å²) in [5.41, 5.74) is 0. The molecule has 0 heterocycles. The number of rotatable bonds is 1. The molecular weight excluding hydrogens is 196 g/mol. The van der Waals surface area contributed by atoms with Crippen molar-refractivity contribution in [3.63, 3.8) is 0 Å². The number of ketones is 1. The fourth-order valence-corrected chi connectivity index (χ4v) is 1.67. The lowest BCUT2D eigenvalue weighted by Crippen LogP contribution is -2.10. The zero-order valence-electron chi connectivity index (χ0n) is 5.82. The molecule has 56 valence electrons. The first kappa shape index (κ1) is 7.79. The summed E-state index contributed by atoms with van der Waals surface area (Å²) in [6.07, 6.45) is 2.49. The number of allylic oxidation sites excluding steroid dienone is 2. The summed E-state index contributed by atoms with van der Waals surface area (Å²) >= 11 is 3.29. The molecule has 0 aromatic heterocycles. The predicted molar refractivity (Wildman–Crippen MR) is 41.8 cm³/mol. The van der Waals surface area contributed by atoms with Crippen molar-refractivity contribution in [2.45, 2.75) is 19.3 Å². The van der Waals surface area contributed by atoms with Crippen molar-refractivity contribution in [1.29, 1.82) is 0 Å². The van der Waals surface area contributed by atoms with Gasteiger partial charge in [0.25, 0.3) is 0 Å². The van der Waals surface area contributed by atoms with E-state index in [1.54, 1.807) is 0 Å². The quantitative estimate of drug-likeness (QED) is 0.654. The van der Waals surface area contributed by atoms with Gasteiger partial charge in [-0.25, -0.2) is 0 Å². The summed E-state index contributed by atoms with van der Waals surface area (Å²) in [4.78, 5) is 11.0. The average Bonchev–Trinajstić information content (AvgIpc) is 1.88. The Hall–Kier alpha value is -0.310. The molecule has 1 aliphatic carbocycles. The number of hydrogen-bond acceptors (Lipinski definition) is 2. The Bertz CT molecular complexity index is 184. The van der Waals surface area contributed by atoms with Crippen molar-refractivity contribution >= 4 is 21.7 Å². The fraction of sp³-hybridized carbons (Fsp3) is 0.571. The van der Waals surface area contributed by atoms with Crippen LogP contribution in [-0.4, -0.2) is 12.9 Å². The third-order valence-corrected chi connectivity index (χ3v) is 2.26. The van der Waals surface area contributed by atoms with E-state index in [9.17, 15) is 4.79 Å². The zero-order chi connectivity index (χ0) is 7.56. The van der Waals surface area contributed by atoms with E-state index in [0.29, 0.717) is 12.2 Å². The van der Waals surface area contributed by atoms with Gasteiger partial charge >= 0.3 is 0 Å². The van der Waals surface area contributed by atoms with E-state index in [1.165, 1.54) is 7.11 Å². The third kappa shape index (κ3) is 1.40. The van der Waals surface area contributed by atoms with Crippen LogP contribution < -0.4 is 0 Å². The number of halogens is 1. The highest BCUT2D eigenvalue weighted by molar-refractivity contribution is 9.11. The Morgan fingerprint density at radius 2 is 2.20 bits per heavy atom. The maximum absolute atomic E-state index is 11.0. The highest BCUT2D eigenvalue weighted by Crippen LogP contribution is 2.26. The molecule has 0 atom stereocenters. The topological polar surface area (TPSA) is 26.3 Å². The van der Waals surface area contributed by atoms with Gasteiger partial charge in [0.1, 0.15) is 0 Å². The molecule has 0 radical (unpaired) electrons. The fourth-order valence-electron chi connectivity index (χ4n) is 1.01. The highest BCUT2D eigenvalue weighted by atomic mass is 79.9. The van der Waals surface area contributed by atoms with Crippen molar-refractivity contribution in [3.05, 3.63) is 10.2 Å². The smallest absolute Gasteiger partial charge is 0.198 e. The molecule has 0 fully saturated rings. The van der Waals surface area contributed by atoms with Crippen LogP contribution in [0.2, 0.25) is 0 Å². The number of hydrogen-bond donors (Lipinski definition) is 0. The minimum Gasteiger partial charge on any atom is -0.492 e. The SMILES string of the molecule is COC1=C(Br)CCCC1=O. The highest BCUT2D eigenvalue weighted by Gasteiger charge is 2.18. The number of carbonyl (C=O) groups excluding carboxylic acids is 1. The van der Waals surface area contributed by atoms with Gasteiger partial charge in [0.15, 0.2) is 11.5 Å². The summed E-state index contributed by atoms with van der Waals surface area (Å²) in [5, 5.41) is 0. The van der Waals surface area contributed by atoms with Gasteiger partial charge < -0.3 is 4.74 Å². The van der Waals surface area contributed by atoms with E-state index in [1.807, 2.05) is 0 Å². The summed E-state index contributed by atoms with van der Waals surface area (Å²) in [5.74, 6) is 0.617. The minimum absolute atomic E-state index is 0.112. The minimum atomic E-state index is 0.112. The summed E-state index contributed by atoms with van der Waals surface area (Å²) < 4.78 is 5.81. The zero-order valence-corrected chi connectivity index (χ0v) is 7.40. The van der Waals surface area contributed by atoms with Gasteiger partial charge in [0.2, 0.25) is 0 Å². The lowest BCUT2D eigenvalue weighted by Gasteiger charge is -2.12. The third-order valence-electron chi connectivity index (χ3n) is 1.50. The van der Waals surface area contributed by atoms with Gasteiger partial charge in [0.05, 0.1) is 7.11 Å². The molecule has 0 spiro atoms. The van der Waals surface area contributed by atoms with E-state index < -0.39 is 0 Å². The summed E-state index contributed by atoms with van der Waals surface area (Å²) in [6, 6.07) is 0. The van der Waals surface area contributed by atoms with Crippen LogP contribution in [-0.2, 0) is 9.53 Å². The Morgan fingerprint density at radius 3 is 2.60 bits per heavy atom. The van der Waals surface area contributed by atoms with Crippen LogP contribution in [0.25, 0.3) is 0 Å². The van der Waals surface area contributed by atoms with E-state index in [-0.39, 0.29) is 5.78 Å². The summed E-state index contributed by atoms with van der Waals surface area (Å²) in [7, 11) is 1.53. The van der Waals surface area contributed by atoms with Crippen molar-refractivity contribution in [1.82, 2.24) is 0 Å². The molecule has 10 heavy (non-hydrogen) atoms. The van der Waals surface area contributed by atoms with Crippen LogP contribution in [0.3, 0.4) is 0 Å². The molecule has 0 N–H and O–H groups in total. The van der Waals surface area contributed by atoms with E-state index in [2.05, 4.69) is 15.9 Å². The number of carbonyl (C=O) groups is 1. The second-order valence-corrected chi connectivity index (χ2v) is 3.17. The average molecular weight is 205 g/mol. The van der Waals surface area contributed by atoms with Gasteiger partial charge in [-0.15, -0.1) is 0 Å². The van der Waals surface area contributed by atoms with Crippen molar-refractivity contribution < 1.29 is 9.53 Å². The molecule has 0 aromatic rings. The van der Waals surface area contributed by atoms with Gasteiger partial charge in [-0.05, 0) is 12.8 Å². The first-order valence-electron chi connectivity index (χ1n) is 3.21. The van der Waals surface area contributed by atoms with Gasteiger partial charge in [-0.2, -0.15) is 0 Å². The first-order valence-corrected chi connectivity index (χ1v) is 4.01. The monoisotopic (exact) mass is 204 g/mol. The molecule has 3 heteroatoms. The Labute approximate surface area is 68.4 Å². The lowest BCUT2D eigenvalue weighted by molar-refractivity contribution is -0.119.